The highest BCUT2D eigenvalue weighted by atomic mass is 16.6. The molecule has 1 heterocycles. The van der Waals surface area contributed by atoms with E-state index in [-0.39, 0.29) is 29.7 Å². The Morgan fingerprint density at radius 1 is 1.07 bits per heavy atom. The lowest BCUT2D eigenvalue weighted by atomic mass is 9.63. The third kappa shape index (κ3) is 8.93. The second kappa shape index (κ2) is 15.0. The molecule has 43 heavy (non-hydrogen) atoms. The predicted molar refractivity (Wildman–Crippen MR) is 168 cm³/mol. The van der Waals surface area contributed by atoms with Gasteiger partial charge in [0.05, 0.1) is 12.9 Å². The van der Waals surface area contributed by atoms with Gasteiger partial charge in [-0.25, -0.2) is 0 Å². The summed E-state index contributed by atoms with van der Waals surface area (Å²) in [6.07, 6.45) is 13.1. The van der Waals surface area contributed by atoms with Gasteiger partial charge in [-0.2, -0.15) is 0 Å². The Labute approximate surface area is 257 Å². The molecule has 2 saturated carbocycles. The van der Waals surface area contributed by atoms with Crippen LogP contribution in [-0.2, 0) is 25.5 Å². The number of hydrogen-bond acceptors (Lipinski definition) is 8. The van der Waals surface area contributed by atoms with E-state index in [4.69, 9.17) is 19.9 Å². The fourth-order valence-electron chi connectivity index (χ4n) is 7.89. The van der Waals surface area contributed by atoms with Crippen molar-refractivity contribution in [3.05, 3.63) is 41.2 Å². The molecule has 8 heteroatoms. The number of hydrogen-bond donors (Lipinski definition) is 3. The number of dihydropyridines is 1. The van der Waals surface area contributed by atoms with Gasteiger partial charge in [0.2, 0.25) is 0 Å². The van der Waals surface area contributed by atoms with Crippen LogP contribution in [0.3, 0.4) is 0 Å². The Morgan fingerprint density at radius 3 is 2.51 bits per heavy atom. The van der Waals surface area contributed by atoms with Crippen LogP contribution in [0.25, 0.3) is 5.57 Å². The van der Waals surface area contributed by atoms with Gasteiger partial charge in [0.15, 0.2) is 11.5 Å². The summed E-state index contributed by atoms with van der Waals surface area (Å²) >= 11 is 0. The highest BCUT2D eigenvalue weighted by Gasteiger charge is 2.38. The summed E-state index contributed by atoms with van der Waals surface area (Å²) in [5.74, 6) is 3.40. The molecule has 2 bridgehead atoms. The van der Waals surface area contributed by atoms with Crippen LogP contribution in [0, 0.1) is 29.6 Å². The number of nitrogens with two attached hydrogens (primary N) is 1. The lowest BCUT2D eigenvalue weighted by molar-refractivity contribution is -0.156. The number of benzene rings is 1. The minimum absolute atomic E-state index is 0.0491. The third-order valence-electron chi connectivity index (χ3n) is 9.86. The lowest BCUT2D eigenvalue weighted by Gasteiger charge is -2.43. The number of carbonyl (C=O) groups excluding carboxylic acids is 2. The van der Waals surface area contributed by atoms with Gasteiger partial charge in [-0.05, 0) is 103 Å². The van der Waals surface area contributed by atoms with Crippen molar-refractivity contribution < 1.29 is 28.9 Å². The van der Waals surface area contributed by atoms with Crippen LogP contribution < -0.4 is 15.8 Å². The number of phenolic OH excluding ortho intramolecular Hbond substituents is 1. The van der Waals surface area contributed by atoms with Crippen molar-refractivity contribution >= 4 is 17.5 Å². The molecule has 8 nitrogen and oxygen atoms in total. The molecule has 2 aliphatic carbocycles. The summed E-state index contributed by atoms with van der Waals surface area (Å²) in [7, 11) is 1.53. The topological polar surface area (TPSA) is 120 Å². The molecule has 0 saturated heterocycles. The average Bonchev–Trinajstić information content (AvgIpc) is 2.93. The zero-order valence-corrected chi connectivity index (χ0v) is 26.7. The van der Waals surface area contributed by atoms with Gasteiger partial charge >= 0.3 is 11.9 Å². The van der Waals surface area contributed by atoms with Crippen molar-refractivity contribution in [1.82, 2.24) is 5.32 Å². The highest BCUT2D eigenvalue weighted by molar-refractivity contribution is 5.79. The first-order valence-corrected chi connectivity index (χ1v) is 16.2. The molecule has 4 rings (SSSR count). The number of methoxy groups -OCH3 is 1. The Balaban J connectivity index is 1.56. The van der Waals surface area contributed by atoms with Gasteiger partial charge in [-0.3, -0.25) is 9.59 Å². The van der Waals surface area contributed by atoms with Crippen LogP contribution >= 0.6 is 0 Å². The van der Waals surface area contributed by atoms with Gasteiger partial charge < -0.3 is 30.4 Å². The first kappa shape index (κ1) is 32.7. The number of rotatable bonds is 11. The van der Waals surface area contributed by atoms with Gasteiger partial charge in [0.1, 0.15) is 12.2 Å². The maximum absolute atomic E-state index is 12.4. The number of esters is 2. The molecule has 4 N–H and O–H groups in total. The molecule has 2 fully saturated rings. The molecular formula is C35H52N2O6. The monoisotopic (exact) mass is 596 g/mol. The summed E-state index contributed by atoms with van der Waals surface area (Å²) in [6.45, 7) is 8.18. The fourth-order valence-corrected chi connectivity index (χ4v) is 7.89. The Morgan fingerprint density at radius 2 is 1.84 bits per heavy atom. The molecule has 6 unspecified atom stereocenters. The molecule has 238 valence electrons. The van der Waals surface area contributed by atoms with Crippen LogP contribution in [0.5, 0.6) is 11.5 Å². The lowest BCUT2D eigenvalue weighted by Crippen LogP contribution is -2.38. The molecule has 1 aliphatic heterocycles. The first-order chi connectivity index (χ1) is 20.5. The molecule has 6 atom stereocenters. The van der Waals surface area contributed by atoms with E-state index in [1.54, 1.807) is 6.07 Å². The van der Waals surface area contributed by atoms with Gasteiger partial charge in [-0.1, -0.05) is 39.2 Å². The van der Waals surface area contributed by atoms with Crippen LogP contribution in [-0.4, -0.2) is 42.9 Å². The molecule has 3 aliphatic rings. The smallest absolute Gasteiger partial charge is 0.302 e. The third-order valence-corrected chi connectivity index (χ3v) is 9.86. The fraction of sp³-hybridized carbons (Fsp3) is 0.657. The van der Waals surface area contributed by atoms with Crippen LogP contribution in [0.4, 0.5) is 0 Å². The van der Waals surface area contributed by atoms with E-state index in [0.29, 0.717) is 55.1 Å². The van der Waals surface area contributed by atoms with Gasteiger partial charge in [-0.15, -0.1) is 0 Å². The highest BCUT2D eigenvalue weighted by Crippen LogP contribution is 2.46. The second-order valence-corrected chi connectivity index (χ2v) is 13.2. The van der Waals surface area contributed by atoms with E-state index in [0.717, 1.165) is 41.9 Å². The van der Waals surface area contributed by atoms with E-state index in [2.05, 4.69) is 19.2 Å². The van der Waals surface area contributed by atoms with Gasteiger partial charge in [0.25, 0.3) is 0 Å². The summed E-state index contributed by atoms with van der Waals surface area (Å²) in [4.78, 5) is 24.7. The standard InChI is InChI=1S/C35H52N2O6/c1-21(2)30-12-9-24-7-6-8-27(16-28(30)15-24)33(43-23(4)39)19-29(42-22(3)38)11-10-25-17-34(41-5)32(40)20-31(25)26-13-14-37-35(36)18-26/h13,17-18,20-21,24,27-30,33,37,40H,6-12,14-16,19,36H2,1-5H3. The maximum Gasteiger partial charge on any atom is 0.302 e. The van der Waals surface area contributed by atoms with E-state index in [9.17, 15) is 14.7 Å². The van der Waals surface area contributed by atoms with Crippen LogP contribution in [0.1, 0.15) is 96.6 Å². The molecule has 0 spiro atoms. The number of aromatic hydroxyl groups is 1. The number of allylic oxidation sites excluding steroid dienone is 2. The Bertz CT molecular complexity index is 1190. The van der Waals surface area contributed by atoms with Crippen molar-refractivity contribution in [2.24, 2.45) is 35.3 Å². The summed E-state index contributed by atoms with van der Waals surface area (Å²) in [5, 5.41) is 13.7. The van der Waals surface area contributed by atoms with Crippen LogP contribution in [0.15, 0.2) is 30.1 Å². The second-order valence-electron chi connectivity index (χ2n) is 13.2. The summed E-state index contributed by atoms with van der Waals surface area (Å²) in [6, 6.07) is 3.54. The molecule has 1 aromatic rings. The number of phenols is 1. The Hall–Kier alpha value is -3.16. The summed E-state index contributed by atoms with van der Waals surface area (Å²) in [5.41, 5.74) is 8.76. The van der Waals surface area contributed by atoms with Crippen molar-refractivity contribution in [3.8, 4) is 11.5 Å². The number of ether oxygens (including phenoxy) is 3. The van der Waals surface area contributed by atoms with Crippen molar-refractivity contribution in [3.63, 3.8) is 0 Å². The van der Waals surface area contributed by atoms with Gasteiger partial charge in [0, 0.05) is 26.8 Å². The van der Waals surface area contributed by atoms with Crippen LogP contribution in [0.2, 0.25) is 0 Å². The number of carbonyl (C=O) groups is 2. The van der Waals surface area contributed by atoms with E-state index in [1.165, 1.54) is 46.6 Å². The molecule has 0 aromatic heterocycles. The zero-order valence-electron chi connectivity index (χ0n) is 26.7. The molecular weight excluding hydrogens is 544 g/mol. The number of nitrogens with one attached hydrogen (secondary N) is 1. The van der Waals surface area contributed by atoms with Crippen molar-refractivity contribution in [1.29, 1.82) is 0 Å². The molecule has 0 radical (unpaired) electrons. The zero-order chi connectivity index (χ0) is 31.1. The largest absolute Gasteiger partial charge is 0.504 e. The quantitative estimate of drug-likeness (QED) is 0.256. The summed E-state index contributed by atoms with van der Waals surface area (Å²) < 4.78 is 17.4. The van der Waals surface area contributed by atoms with E-state index < -0.39 is 6.10 Å². The van der Waals surface area contributed by atoms with Crippen molar-refractivity contribution in [2.75, 3.05) is 13.7 Å². The normalized spacial score (nSPS) is 25.3. The van der Waals surface area contributed by atoms with E-state index in [1.807, 2.05) is 18.2 Å². The van der Waals surface area contributed by atoms with Crippen molar-refractivity contribution in [2.45, 2.75) is 104 Å². The number of fused-ring (bicyclic) bond motifs is 2. The molecule has 0 amide bonds. The first-order valence-electron chi connectivity index (χ1n) is 16.2. The minimum atomic E-state index is -0.428. The number of aryl methyl sites for hydroxylation is 1. The average molecular weight is 597 g/mol. The minimum Gasteiger partial charge on any atom is -0.504 e. The van der Waals surface area contributed by atoms with E-state index >= 15 is 0 Å². The SMILES string of the molecule is COc1cc(CCC(CC(OC(C)=O)C2CCCC3CCC(C(C)C)C(C3)C2)OC(C)=O)c(C2=CCNC(N)=C2)cc1O. The predicted octanol–water partition coefficient (Wildman–Crippen LogP) is 6.25. The maximum atomic E-state index is 12.4. The molecule has 1 aromatic carbocycles. The Kier molecular flexibility index (Phi) is 11.4.